The van der Waals surface area contributed by atoms with Crippen LogP contribution < -0.4 is 4.74 Å². The number of ether oxygens (including phenoxy) is 2. The number of hydrogen-bond acceptors (Lipinski definition) is 4. The van der Waals surface area contributed by atoms with Gasteiger partial charge in [-0.2, -0.15) is 0 Å². The van der Waals surface area contributed by atoms with E-state index in [9.17, 15) is 5.11 Å². The van der Waals surface area contributed by atoms with Crippen molar-refractivity contribution in [2.75, 3.05) is 20.7 Å². The van der Waals surface area contributed by atoms with Gasteiger partial charge >= 0.3 is 0 Å². The van der Waals surface area contributed by atoms with Crippen molar-refractivity contribution in [2.45, 2.75) is 63.2 Å². The van der Waals surface area contributed by atoms with Gasteiger partial charge in [-0.05, 0) is 63.7 Å². The molecular formula is C20H29NO3. The Morgan fingerprint density at radius 1 is 1.38 bits per heavy atom. The van der Waals surface area contributed by atoms with Crippen molar-refractivity contribution in [1.82, 2.24) is 4.90 Å². The van der Waals surface area contributed by atoms with Crippen molar-refractivity contribution >= 4 is 0 Å². The highest BCUT2D eigenvalue weighted by molar-refractivity contribution is 5.59. The first-order valence-corrected chi connectivity index (χ1v) is 9.29. The molecule has 4 nitrogen and oxygen atoms in total. The predicted molar refractivity (Wildman–Crippen MR) is 93.8 cm³/mol. The molecule has 1 N–H and O–H groups in total. The van der Waals surface area contributed by atoms with Crippen LogP contribution in [0.4, 0.5) is 0 Å². The molecule has 4 rings (SSSR count). The molecular weight excluding hydrogens is 302 g/mol. The summed E-state index contributed by atoms with van der Waals surface area (Å²) >= 11 is 0. The van der Waals surface area contributed by atoms with E-state index in [1.165, 1.54) is 11.1 Å². The van der Waals surface area contributed by atoms with E-state index in [0.29, 0.717) is 12.0 Å². The molecule has 0 bridgehead atoms. The fourth-order valence-electron chi connectivity index (χ4n) is 5.71. The summed E-state index contributed by atoms with van der Waals surface area (Å²) in [4.78, 5) is 2.48. The second-order valence-electron chi connectivity index (χ2n) is 7.81. The summed E-state index contributed by atoms with van der Waals surface area (Å²) in [5.41, 5.74) is 2.58. The van der Waals surface area contributed by atoms with E-state index in [1.54, 1.807) is 13.2 Å². The van der Waals surface area contributed by atoms with Crippen LogP contribution in [0.5, 0.6) is 11.5 Å². The highest BCUT2D eigenvalue weighted by atomic mass is 16.5. The Hall–Kier alpha value is -1.26. The second kappa shape index (κ2) is 5.63. The Balaban J connectivity index is 1.94. The number of piperidine rings is 1. The Bertz CT molecular complexity index is 646. The fraction of sp³-hybridized carbons (Fsp3) is 0.700. The number of aryl methyl sites for hydroxylation is 1. The Labute approximate surface area is 144 Å². The lowest BCUT2D eigenvalue weighted by atomic mass is 9.55. The Morgan fingerprint density at radius 2 is 2.17 bits per heavy atom. The summed E-state index contributed by atoms with van der Waals surface area (Å²) in [7, 11) is 4.03. The van der Waals surface area contributed by atoms with Crippen LogP contribution in [0.15, 0.2) is 12.1 Å². The number of methoxy groups -OCH3 is 1. The maximum Gasteiger partial charge on any atom is 0.165 e. The molecule has 1 aliphatic carbocycles. The van der Waals surface area contributed by atoms with Gasteiger partial charge in [0.05, 0.1) is 6.10 Å². The number of aromatic hydroxyl groups is 1. The molecule has 5 atom stereocenters. The van der Waals surface area contributed by atoms with Gasteiger partial charge in [-0.25, -0.2) is 0 Å². The zero-order chi connectivity index (χ0) is 17.1. The third-order valence-corrected chi connectivity index (χ3v) is 7.04. The van der Waals surface area contributed by atoms with Crippen LogP contribution in [0.25, 0.3) is 0 Å². The van der Waals surface area contributed by atoms with Crippen molar-refractivity contribution in [1.29, 1.82) is 0 Å². The number of rotatable bonds is 2. The Morgan fingerprint density at radius 3 is 2.88 bits per heavy atom. The molecule has 1 spiro atoms. The lowest BCUT2D eigenvalue weighted by Crippen LogP contribution is -2.63. The van der Waals surface area contributed by atoms with Crippen molar-refractivity contribution in [3.8, 4) is 11.5 Å². The molecule has 1 saturated carbocycles. The van der Waals surface area contributed by atoms with E-state index in [2.05, 4.69) is 31.9 Å². The molecule has 3 aliphatic rings. The molecule has 2 heterocycles. The van der Waals surface area contributed by atoms with Crippen LogP contribution in [0.1, 0.15) is 44.2 Å². The van der Waals surface area contributed by atoms with Crippen molar-refractivity contribution < 1.29 is 14.6 Å². The molecule has 2 fully saturated rings. The minimum atomic E-state index is -0.0235. The second-order valence-corrected chi connectivity index (χ2v) is 7.81. The van der Waals surface area contributed by atoms with E-state index in [-0.39, 0.29) is 23.4 Å². The van der Waals surface area contributed by atoms with Gasteiger partial charge in [0.2, 0.25) is 0 Å². The molecule has 0 amide bonds. The summed E-state index contributed by atoms with van der Waals surface area (Å²) < 4.78 is 12.3. The molecule has 4 heteroatoms. The van der Waals surface area contributed by atoms with Crippen LogP contribution in [0, 0.1) is 5.92 Å². The van der Waals surface area contributed by atoms with E-state index in [0.717, 1.165) is 38.0 Å². The fourth-order valence-corrected chi connectivity index (χ4v) is 5.71. The lowest BCUT2D eigenvalue weighted by molar-refractivity contribution is -0.105. The van der Waals surface area contributed by atoms with Crippen molar-refractivity contribution in [2.24, 2.45) is 5.92 Å². The number of phenols is 1. The number of fused-ring (bicyclic) bond motifs is 1. The first-order chi connectivity index (χ1) is 11.5. The van der Waals surface area contributed by atoms with Crippen molar-refractivity contribution in [3.63, 3.8) is 0 Å². The summed E-state index contributed by atoms with van der Waals surface area (Å²) in [6.07, 6.45) is 4.35. The standard InChI is InChI=1S/C20H29NO3/c1-5-13-6-8-15(22)18-17(13)20-10-11-21(3)12(2)14(20)7-9-16(23-4)19(20)24-18/h6,8,12,14,16,19,22H,5,7,9-11H2,1-4H3/t12?,14?,16?,19-,20?/m0/s1. The van der Waals surface area contributed by atoms with E-state index in [1.807, 2.05) is 0 Å². The molecule has 1 saturated heterocycles. The highest BCUT2D eigenvalue weighted by Crippen LogP contribution is 2.61. The zero-order valence-electron chi connectivity index (χ0n) is 15.2. The molecule has 24 heavy (non-hydrogen) atoms. The molecule has 4 unspecified atom stereocenters. The molecule has 1 aromatic rings. The van der Waals surface area contributed by atoms with Crippen LogP contribution in [0.3, 0.4) is 0 Å². The number of nitrogens with zero attached hydrogens (tertiary/aromatic N) is 1. The quantitative estimate of drug-likeness (QED) is 0.904. The smallest absolute Gasteiger partial charge is 0.165 e. The van der Waals surface area contributed by atoms with Gasteiger partial charge in [0.15, 0.2) is 11.5 Å². The average molecular weight is 331 g/mol. The van der Waals surface area contributed by atoms with Crippen LogP contribution in [-0.4, -0.2) is 49.0 Å². The van der Waals surface area contributed by atoms with Crippen LogP contribution >= 0.6 is 0 Å². The molecule has 132 valence electrons. The van der Waals surface area contributed by atoms with Crippen LogP contribution in [-0.2, 0) is 16.6 Å². The minimum absolute atomic E-state index is 0.0194. The van der Waals surface area contributed by atoms with Gasteiger partial charge in [-0.15, -0.1) is 0 Å². The van der Waals surface area contributed by atoms with Gasteiger partial charge in [0.1, 0.15) is 6.10 Å². The highest BCUT2D eigenvalue weighted by Gasteiger charge is 2.62. The Kier molecular flexibility index (Phi) is 3.81. The monoisotopic (exact) mass is 331 g/mol. The molecule has 2 aliphatic heterocycles. The normalized spacial score (nSPS) is 38.2. The largest absolute Gasteiger partial charge is 0.504 e. The number of likely N-dealkylation sites (tertiary alicyclic amines) is 1. The van der Waals surface area contributed by atoms with Gasteiger partial charge in [-0.1, -0.05) is 13.0 Å². The average Bonchev–Trinajstić information content (AvgIpc) is 2.95. The predicted octanol–water partition coefficient (Wildman–Crippen LogP) is 3.10. The van der Waals surface area contributed by atoms with Gasteiger partial charge in [0.25, 0.3) is 0 Å². The van der Waals surface area contributed by atoms with Gasteiger partial charge in [0, 0.05) is 24.1 Å². The SMILES string of the molecule is CCc1ccc(O)c2c1C13CCN(C)C(C)C1CCC(OC)[C@@H]3O2. The summed E-state index contributed by atoms with van der Waals surface area (Å²) in [6.45, 7) is 5.61. The third kappa shape index (κ3) is 1.93. The van der Waals surface area contributed by atoms with Crippen LogP contribution in [0.2, 0.25) is 0 Å². The first-order valence-electron chi connectivity index (χ1n) is 9.29. The van der Waals surface area contributed by atoms with Crippen molar-refractivity contribution in [3.05, 3.63) is 23.3 Å². The minimum Gasteiger partial charge on any atom is -0.504 e. The summed E-state index contributed by atoms with van der Waals surface area (Å²) in [6, 6.07) is 4.40. The van der Waals surface area contributed by atoms with Gasteiger partial charge in [-0.3, -0.25) is 0 Å². The number of phenolic OH excluding ortho intramolecular Hbond substituents is 1. The zero-order valence-corrected chi connectivity index (χ0v) is 15.2. The topological polar surface area (TPSA) is 41.9 Å². The molecule has 0 aromatic heterocycles. The van der Waals surface area contributed by atoms with E-state index >= 15 is 0 Å². The summed E-state index contributed by atoms with van der Waals surface area (Å²) in [5, 5.41) is 10.5. The molecule has 1 aromatic carbocycles. The van der Waals surface area contributed by atoms with Gasteiger partial charge < -0.3 is 19.5 Å². The summed E-state index contributed by atoms with van der Waals surface area (Å²) in [5.74, 6) is 1.55. The first kappa shape index (κ1) is 16.2. The number of hydrogen-bond donors (Lipinski definition) is 1. The number of benzene rings is 1. The lowest BCUT2D eigenvalue weighted by Gasteiger charge is -2.55. The molecule has 0 radical (unpaired) electrons. The maximum absolute atomic E-state index is 10.5. The third-order valence-electron chi connectivity index (χ3n) is 7.04. The maximum atomic E-state index is 10.5. The van der Waals surface area contributed by atoms with E-state index < -0.39 is 0 Å². The van der Waals surface area contributed by atoms with E-state index in [4.69, 9.17) is 9.47 Å².